The van der Waals surface area contributed by atoms with Crippen molar-refractivity contribution in [1.82, 2.24) is 9.62 Å². The Kier molecular flexibility index (Phi) is 8.06. The average molecular weight is 421 g/mol. The molecule has 0 aromatic heterocycles. The molecular formula is C17H25ClN2O6S. The summed E-state index contributed by atoms with van der Waals surface area (Å²) in [6.07, 6.45) is 0.538. The third-order valence-corrected chi connectivity index (χ3v) is 5.63. The van der Waals surface area contributed by atoms with Crippen molar-refractivity contribution < 1.29 is 27.9 Å². The fourth-order valence-corrected chi connectivity index (χ4v) is 3.53. The van der Waals surface area contributed by atoms with Gasteiger partial charge in [-0.15, -0.1) is 0 Å². The molecule has 0 spiro atoms. The normalized spacial score (nSPS) is 12.1. The quantitative estimate of drug-likeness (QED) is 0.625. The van der Waals surface area contributed by atoms with Gasteiger partial charge in [-0.3, -0.25) is 0 Å². The Morgan fingerprint density at radius 1 is 1.26 bits per heavy atom. The average Bonchev–Trinajstić information content (AvgIpc) is 2.52. The number of carbonyl (C=O) groups is 2. The van der Waals surface area contributed by atoms with E-state index in [1.807, 2.05) is 0 Å². The second-order valence-electron chi connectivity index (χ2n) is 6.91. The van der Waals surface area contributed by atoms with Crippen molar-refractivity contribution in [1.29, 1.82) is 0 Å². The maximum atomic E-state index is 12.5. The monoisotopic (exact) mass is 420 g/mol. The summed E-state index contributed by atoms with van der Waals surface area (Å²) in [7, 11) is -2.43. The van der Waals surface area contributed by atoms with Crippen molar-refractivity contribution in [3.8, 4) is 0 Å². The molecule has 10 heteroatoms. The molecule has 0 aliphatic rings. The van der Waals surface area contributed by atoms with Gasteiger partial charge in [-0.05, 0) is 51.8 Å². The van der Waals surface area contributed by atoms with Gasteiger partial charge in [-0.25, -0.2) is 22.3 Å². The van der Waals surface area contributed by atoms with Gasteiger partial charge in [0.1, 0.15) is 5.60 Å². The van der Waals surface area contributed by atoms with Gasteiger partial charge < -0.3 is 15.2 Å². The second kappa shape index (κ2) is 9.38. The molecule has 27 heavy (non-hydrogen) atoms. The number of carbonyl (C=O) groups excluding carboxylic acids is 1. The number of rotatable bonds is 8. The van der Waals surface area contributed by atoms with Crippen molar-refractivity contribution in [3.63, 3.8) is 0 Å². The molecule has 8 nitrogen and oxygen atoms in total. The lowest BCUT2D eigenvalue weighted by atomic mass is 10.2. The molecule has 1 amide bonds. The maximum Gasteiger partial charge on any atom is 0.407 e. The van der Waals surface area contributed by atoms with E-state index in [1.165, 1.54) is 19.2 Å². The highest BCUT2D eigenvalue weighted by Crippen LogP contribution is 2.22. The molecule has 1 aromatic rings. The van der Waals surface area contributed by atoms with Crippen molar-refractivity contribution in [3.05, 3.63) is 28.8 Å². The SMILES string of the molecule is CN(CCCCNC(=O)OC(C)(C)C)S(=O)(=O)c1ccc(Cl)c(C(=O)O)c1. The Morgan fingerprint density at radius 3 is 2.44 bits per heavy atom. The van der Waals surface area contributed by atoms with Crippen LogP contribution in [0.15, 0.2) is 23.1 Å². The van der Waals surface area contributed by atoms with Gasteiger partial charge in [-0.1, -0.05) is 11.6 Å². The number of aromatic carboxylic acids is 1. The molecule has 0 atom stereocenters. The standard InChI is InChI=1S/C17H25ClN2O6S/c1-17(2,3)26-16(23)19-9-5-6-10-20(4)27(24,25)12-7-8-14(18)13(11-12)15(21)22/h7-8,11H,5-6,9-10H2,1-4H3,(H,19,23)(H,21,22). The van der Waals surface area contributed by atoms with Crippen LogP contribution in [0.25, 0.3) is 0 Å². The van der Waals surface area contributed by atoms with E-state index >= 15 is 0 Å². The number of ether oxygens (including phenoxy) is 1. The number of nitrogens with one attached hydrogen (secondary N) is 1. The van der Waals surface area contributed by atoms with Crippen molar-refractivity contribution >= 4 is 33.7 Å². The van der Waals surface area contributed by atoms with E-state index in [1.54, 1.807) is 20.8 Å². The van der Waals surface area contributed by atoms with E-state index in [2.05, 4.69) is 5.32 Å². The lowest BCUT2D eigenvalue weighted by Gasteiger charge is -2.20. The molecule has 1 aromatic carbocycles. The molecule has 0 fully saturated rings. The topological polar surface area (TPSA) is 113 Å². The van der Waals surface area contributed by atoms with Crippen LogP contribution < -0.4 is 5.32 Å². The van der Waals surface area contributed by atoms with Crippen molar-refractivity contribution in [2.75, 3.05) is 20.1 Å². The minimum Gasteiger partial charge on any atom is -0.478 e. The molecule has 0 aliphatic heterocycles. The van der Waals surface area contributed by atoms with Crippen LogP contribution in [0, 0.1) is 0 Å². The summed E-state index contributed by atoms with van der Waals surface area (Å²) >= 11 is 5.77. The first-order valence-corrected chi connectivity index (χ1v) is 10.1. The summed E-state index contributed by atoms with van der Waals surface area (Å²) in [5.74, 6) is -1.30. The van der Waals surface area contributed by atoms with Gasteiger partial charge in [-0.2, -0.15) is 0 Å². The molecule has 2 N–H and O–H groups in total. The Hall–Kier alpha value is -1.84. The Bertz CT molecular complexity index is 789. The van der Waals surface area contributed by atoms with E-state index in [0.29, 0.717) is 19.4 Å². The first kappa shape index (κ1) is 23.2. The van der Waals surface area contributed by atoms with Crippen LogP contribution in [-0.2, 0) is 14.8 Å². The lowest BCUT2D eigenvalue weighted by molar-refractivity contribution is 0.0526. The highest BCUT2D eigenvalue weighted by atomic mass is 35.5. The molecular weight excluding hydrogens is 396 g/mol. The summed E-state index contributed by atoms with van der Waals surface area (Å²) in [5, 5.41) is 11.6. The predicted octanol–water partition coefficient (Wildman–Crippen LogP) is 2.96. The van der Waals surface area contributed by atoms with Crippen LogP contribution in [0.4, 0.5) is 4.79 Å². The molecule has 152 valence electrons. The maximum absolute atomic E-state index is 12.5. The highest BCUT2D eigenvalue weighted by molar-refractivity contribution is 7.89. The number of benzene rings is 1. The third kappa shape index (κ3) is 7.36. The van der Waals surface area contributed by atoms with Gasteiger partial charge in [0.2, 0.25) is 10.0 Å². The first-order chi connectivity index (χ1) is 12.3. The number of halogens is 1. The zero-order valence-electron chi connectivity index (χ0n) is 15.8. The predicted molar refractivity (Wildman–Crippen MR) is 102 cm³/mol. The largest absolute Gasteiger partial charge is 0.478 e. The van der Waals surface area contributed by atoms with E-state index in [0.717, 1.165) is 10.4 Å². The molecule has 0 saturated heterocycles. The summed E-state index contributed by atoms with van der Waals surface area (Å²) in [6.45, 7) is 5.85. The minimum atomic E-state index is -3.84. The van der Waals surface area contributed by atoms with Gasteiger partial charge in [0.15, 0.2) is 0 Å². The zero-order chi connectivity index (χ0) is 20.8. The zero-order valence-corrected chi connectivity index (χ0v) is 17.4. The number of nitrogens with zero attached hydrogens (tertiary/aromatic N) is 1. The molecule has 1 rings (SSSR count). The Balaban J connectivity index is 2.57. The van der Waals surface area contributed by atoms with Gasteiger partial charge >= 0.3 is 12.1 Å². The van der Waals surface area contributed by atoms with E-state index in [4.69, 9.17) is 21.4 Å². The van der Waals surface area contributed by atoms with E-state index in [-0.39, 0.29) is 22.0 Å². The summed E-state index contributed by atoms with van der Waals surface area (Å²) in [6, 6.07) is 3.56. The molecule has 0 bridgehead atoms. The number of hydrogen-bond acceptors (Lipinski definition) is 5. The van der Waals surface area contributed by atoms with Crippen LogP contribution in [0.5, 0.6) is 0 Å². The molecule has 0 saturated carbocycles. The van der Waals surface area contributed by atoms with Crippen molar-refractivity contribution in [2.24, 2.45) is 0 Å². The van der Waals surface area contributed by atoms with Gasteiger partial charge in [0.25, 0.3) is 0 Å². The summed E-state index contributed by atoms with van der Waals surface area (Å²) in [5.41, 5.74) is -0.848. The number of carboxylic acids is 1. The third-order valence-electron chi connectivity index (χ3n) is 3.44. The van der Waals surface area contributed by atoms with Crippen LogP contribution >= 0.6 is 11.6 Å². The molecule has 0 aliphatic carbocycles. The van der Waals surface area contributed by atoms with Crippen LogP contribution in [0.2, 0.25) is 5.02 Å². The number of unbranched alkanes of at least 4 members (excludes halogenated alkanes) is 1. The molecule has 0 radical (unpaired) electrons. The van der Waals surface area contributed by atoms with E-state index < -0.39 is 27.7 Å². The fraction of sp³-hybridized carbons (Fsp3) is 0.529. The number of carboxylic acid groups (broad SMARTS) is 1. The Morgan fingerprint density at radius 2 is 1.89 bits per heavy atom. The van der Waals surface area contributed by atoms with Gasteiger partial charge in [0.05, 0.1) is 15.5 Å². The summed E-state index contributed by atoms with van der Waals surface area (Å²) in [4.78, 5) is 22.5. The summed E-state index contributed by atoms with van der Waals surface area (Å²) < 4.78 is 31.3. The first-order valence-electron chi connectivity index (χ1n) is 8.30. The van der Waals surface area contributed by atoms with Crippen LogP contribution in [0.3, 0.4) is 0 Å². The smallest absolute Gasteiger partial charge is 0.407 e. The number of alkyl carbamates (subject to hydrolysis) is 1. The lowest BCUT2D eigenvalue weighted by Crippen LogP contribution is -2.33. The highest BCUT2D eigenvalue weighted by Gasteiger charge is 2.23. The Labute approximate surface area is 164 Å². The number of amides is 1. The van der Waals surface area contributed by atoms with E-state index in [9.17, 15) is 18.0 Å². The number of hydrogen-bond donors (Lipinski definition) is 2. The van der Waals surface area contributed by atoms with Gasteiger partial charge in [0, 0.05) is 20.1 Å². The molecule has 0 unspecified atom stereocenters. The second-order valence-corrected chi connectivity index (χ2v) is 9.36. The molecule has 0 heterocycles. The van der Waals surface area contributed by atoms with Crippen LogP contribution in [0.1, 0.15) is 44.0 Å². The minimum absolute atomic E-state index is 0.0303. The van der Waals surface area contributed by atoms with Crippen molar-refractivity contribution in [2.45, 2.75) is 44.1 Å². The fourth-order valence-electron chi connectivity index (χ4n) is 2.09. The van der Waals surface area contributed by atoms with Crippen LogP contribution in [-0.4, -0.2) is 55.6 Å². The number of sulfonamides is 1.